The second kappa shape index (κ2) is 7.16. The predicted molar refractivity (Wildman–Crippen MR) is 102 cm³/mol. The van der Waals surface area contributed by atoms with Gasteiger partial charge in [0.2, 0.25) is 5.95 Å². The van der Waals surface area contributed by atoms with Crippen molar-refractivity contribution in [1.82, 2.24) is 29.4 Å². The molecule has 11 heteroatoms. The lowest BCUT2D eigenvalue weighted by atomic mass is 10.2. The fraction of sp³-hybridized carbons (Fsp3) is 0.556. The first-order valence-corrected chi connectivity index (χ1v) is 9.78. The molecule has 0 aliphatic carbocycles. The lowest BCUT2D eigenvalue weighted by Crippen LogP contribution is -2.20. The van der Waals surface area contributed by atoms with Crippen molar-refractivity contribution in [2.24, 2.45) is 13.0 Å². The molecule has 4 heterocycles. The molecule has 1 aliphatic rings. The van der Waals surface area contributed by atoms with Crippen molar-refractivity contribution in [3.05, 3.63) is 34.0 Å². The highest BCUT2D eigenvalue weighted by atomic mass is 35.5. The van der Waals surface area contributed by atoms with Gasteiger partial charge in [-0.15, -0.1) is 5.10 Å². The van der Waals surface area contributed by atoms with Gasteiger partial charge in [0.1, 0.15) is 11.4 Å². The van der Waals surface area contributed by atoms with Gasteiger partial charge in [0.05, 0.1) is 10.7 Å². The molecule has 0 amide bonds. The number of halogens is 4. The van der Waals surface area contributed by atoms with Gasteiger partial charge in [-0.1, -0.05) is 18.5 Å². The van der Waals surface area contributed by atoms with Crippen molar-refractivity contribution < 1.29 is 13.2 Å². The van der Waals surface area contributed by atoms with Crippen LogP contribution in [0.3, 0.4) is 0 Å². The number of alkyl halides is 3. The summed E-state index contributed by atoms with van der Waals surface area (Å²) in [4.78, 5) is 10.9. The quantitative estimate of drug-likeness (QED) is 0.638. The molecule has 1 atom stereocenters. The van der Waals surface area contributed by atoms with Crippen molar-refractivity contribution in [3.8, 4) is 0 Å². The SMILES string of the molecule is Cc1c(Cl)cc(C(F)(F)F)c2nc(CCc3nc(N4CC[C@@H](C)C4)nn3C)nn12. The van der Waals surface area contributed by atoms with E-state index in [2.05, 4.69) is 32.0 Å². The Morgan fingerprint density at radius 2 is 1.97 bits per heavy atom. The number of aromatic nitrogens is 6. The van der Waals surface area contributed by atoms with Crippen LogP contribution in [0.25, 0.3) is 5.65 Å². The third kappa shape index (κ3) is 3.77. The average Bonchev–Trinajstić information content (AvgIpc) is 3.34. The number of anilines is 1. The van der Waals surface area contributed by atoms with Crippen LogP contribution in [0, 0.1) is 12.8 Å². The van der Waals surface area contributed by atoms with E-state index in [0.717, 1.165) is 35.9 Å². The first-order valence-electron chi connectivity index (χ1n) is 9.40. The van der Waals surface area contributed by atoms with E-state index < -0.39 is 11.7 Å². The molecule has 0 bridgehead atoms. The van der Waals surface area contributed by atoms with E-state index in [9.17, 15) is 13.2 Å². The number of fused-ring (bicyclic) bond motifs is 1. The van der Waals surface area contributed by atoms with Crippen molar-refractivity contribution in [2.45, 2.75) is 39.3 Å². The fourth-order valence-electron chi connectivity index (χ4n) is 3.57. The minimum atomic E-state index is -4.56. The van der Waals surface area contributed by atoms with Crippen LogP contribution in [0.2, 0.25) is 5.02 Å². The van der Waals surface area contributed by atoms with E-state index in [0.29, 0.717) is 36.2 Å². The van der Waals surface area contributed by atoms with Gasteiger partial charge in [-0.2, -0.15) is 23.3 Å². The van der Waals surface area contributed by atoms with Crippen molar-refractivity contribution in [2.75, 3.05) is 18.0 Å². The number of aryl methyl sites for hydroxylation is 4. The minimum Gasteiger partial charge on any atom is -0.339 e. The van der Waals surface area contributed by atoms with Crippen LogP contribution in [0.4, 0.5) is 19.1 Å². The topological polar surface area (TPSA) is 64.1 Å². The number of nitrogens with zero attached hydrogens (tertiary/aromatic N) is 7. The van der Waals surface area contributed by atoms with Gasteiger partial charge in [-0.25, -0.2) is 9.50 Å². The number of hydrogen-bond donors (Lipinski definition) is 0. The summed E-state index contributed by atoms with van der Waals surface area (Å²) in [6, 6.07) is 0.899. The molecule has 156 valence electrons. The van der Waals surface area contributed by atoms with Crippen LogP contribution >= 0.6 is 11.6 Å². The molecule has 29 heavy (non-hydrogen) atoms. The second-order valence-electron chi connectivity index (χ2n) is 7.54. The first-order chi connectivity index (χ1) is 13.6. The standard InChI is InChI=1S/C18H21ClF3N7/c1-10-6-7-28(9-10)17-24-15(27(3)26-17)5-4-14-23-16-12(18(20,21)22)8-13(19)11(2)29(16)25-14/h8,10H,4-7,9H2,1-3H3/t10-/m1/s1. The fourth-order valence-corrected chi connectivity index (χ4v) is 3.76. The Balaban J connectivity index is 1.58. The monoisotopic (exact) mass is 427 g/mol. The third-order valence-electron chi connectivity index (χ3n) is 5.25. The first kappa shape index (κ1) is 19.9. The van der Waals surface area contributed by atoms with Crippen molar-refractivity contribution in [1.29, 1.82) is 0 Å². The molecule has 0 unspecified atom stereocenters. The molecule has 0 N–H and O–H groups in total. The number of hydrogen-bond acceptors (Lipinski definition) is 5. The van der Waals surface area contributed by atoms with Crippen molar-refractivity contribution in [3.63, 3.8) is 0 Å². The molecule has 3 aromatic heterocycles. The molecular weight excluding hydrogens is 407 g/mol. The molecule has 0 spiro atoms. The normalized spacial score (nSPS) is 17.6. The molecule has 7 nitrogen and oxygen atoms in total. The van der Waals surface area contributed by atoms with Crippen LogP contribution in [-0.2, 0) is 26.1 Å². The average molecular weight is 428 g/mol. The zero-order valence-corrected chi connectivity index (χ0v) is 17.1. The number of rotatable bonds is 4. The number of pyridine rings is 1. The second-order valence-corrected chi connectivity index (χ2v) is 7.95. The zero-order chi connectivity index (χ0) is 20.9. The molecule has 4 rings (SSSR count). The molecule has 0 aromatic carbocycles. The van der Waals surface area contributed by atoms with Gasteiger partial charge < -0.3 is 4.90 Å². The summed E-state index contributed by atoms with van der Waals surface area (Å²) < 4.78 is 42.9. The smallest absolute Gasteiger partial charge is 0.339 e. The van der Waals surface area contributed by atoms with E-state index in [1.54, 1.807) is 11.6 Å². The Hall–Kier alpha value is -2.36. The molecular formula is C18H21ClF3N7. The van der Waals surface area contributed by atoms with Crippen LogP contribution in [0.15, 0.2) is 6.07 Å². The summed E-state index contributed by atoms with van der Waals surface area (Å²) >= 11 is 5.96. The Morgan fingerprint density at radius 3 is 2.62 bits per heavy atom. The summed E-state index contributed by atoms with van der Waals surface area (Å²) in [5.41, 5.74) is -0.715. The summed E-state index contributed by atoms with van der Waals surface area (Å²) in [5.74, 6) is 2.35. The Kier molecular flexibility index (Phi) is 4.92. The van der Waals surface area contributed by atoms with Crippen LogP contribution in [0.1, 0.15) is 36.3 Å². The Labute approximate surface area is 170 Å². The maximum absolute atomic E-state index is 13.4. The molecule has 1 fully saturated rings. The van der Waals surface area contributed by atoms with Gasteiger partial charge >= 0.3 is 6.18 Å². The summed E-state index contributed by atoms with van der Waals surface area (Å²) in [6.45, 7) is 5.67. The van der Waals surface area contributed by atoms with Crippen LogP contribution in [-0.4, -0.2) is 42.5 Å². The van der Waals surface area contributed by atoms with Crippen LogP contribution < -0.4 is 4.90 Å². The molecule has 1 aliphatic heterocycles. The summed E-state index contributed by atoms with van der Waals surface area (Å²) in [7, 11) is 1.81. The molecule has 0 saturated carbocycles. The highest BCUT2D eigenvalue weighted by Crippen LogP contribution is 2.35. The van der Waals surface area contributed by atoms with Crippen LogP contribution in [0.5, 0.6) is 0 Å². The van der Waals surface area contributed by atoms with E-state index in [-0.39, 0.29) is 10.7 Å². The maximum Gasteiger partial charge on any atom is 0.420 e. The lowest BCUT2D eigenvalue weighted by molar-refractivity contribution is -0.136. The predicted octanol–water partition coefficient (Wildman–Crippen LogP) is 3.47. The van der Waals surface area contributed by atoms with Gasteiger partial charge in [-0.3, -0.25) is 4.68 Å². The van der Waals surface area contributed by atoms with Gasteiger partial charge in [0.25, 0.3) is 0 Å². The zero-order valence-electron chi connectivity index (χ0n) is 16.3. The van der Waals surface area contributed by atoms with E-state index in [1.165, 1.54) is 0 Å². The van der Waals surface area contributed by atoms with E-state index in [4.69, 9.17) is 11.6 Å². The van der Waals surface area contributed by atoms with Gasteiger partial charge in [0.15, 0.2) is 11.5 Å². The molecule has 0 radical (unpaired) electrons. The highest BCUT2D eigenvalue weighted by molar-refractivity contribution is 6.31. The Morgan fingerprint density at radius 1 is 1.21 bits per heavy atom. The summed E-state index contributed by atoms with van der Waals surface area (Å²) in [6.07, 6.45) is -2.63. The summed E-state index contributed by atoms with van der Waals surface area (Å²) in [5, 5.41) is 8.71. The van der Waals surface area contributed by atoms with Gasteiger partial charge in [-0.05, 0) is 25.3 Å². The molecule has 3 aromatic rings. The van der Waals surface area contributed by atoms with E-state index in [1.807, 2.05) is 7.05 Å². The lowest BCUT2D eigenvalue weighted by Gasteiger charge is -2.11. The molecule has 1 saturated heterocycles. The minimum absolute atomic E-state index is 0.000871. The van der Waals surface area contributed by atoms with E-state index >= 15 is 0 Å². The highest BCUT2D eigenvalue weighted by Gasteiger charge is 2.35. The maximum atomic E-state index is 13.4. The van der Waals surface area contributed by atoms with Crippen molar-refractivity contribution >= 4 is 23.2 Å². The van der Waals surface area contributed by atoms with Gasteiger partial charge in [0, 0.05) is 33.0 Å². The largest absolute Gasteiger partial charge is 0.420 e. The Bertz CT molecular complexity index is 1060. The third-order valence-corrected chi connectivity index (χ3v) is 5.64.